The van der Waals surface area contributed by atoms with Gasteiger partial charge in [0.05, 0.1) is 22.2 Å². The first kappa shape index (κ1) is 27.3. The summed E-state index contributed by atoms with van der Waals surface area (Å²) < 4.78 is 62.2. The minimum Gasteiger partial charge on any atom is -0.376 e. The topological polar surface area (TPSA) is 79.8 Å². The number of rotatable bonds is 9. The normalized spacial score (nSPS) is 15.7. The largest absolute Gasteiger partial charge is 0.376 e. The molecule has 1 fully saturated rings. The Morgan fingerprint density at radius 3 is 2.51 bits per heavy atom. The molecule has 1 aliphatic rings. The first-order valence-electron chi connectivity index (χ1n) is 12.6. The Morgan fingerprint density at radius 1 is 1.10 bits per heavy atom. The third kappa shape index (κ3) is 5.86. The van der Waals surface area contributed by atoms with E-state index in [0.29, 0.717) is 6.61 Å². The molecule has 1 atom stereocenters. The molecule has 0 radical (unpaired) electrons. The van der Waals surface area contributed by atoms with Crippen LogP contribution in [0.4, 0.5) is 13.9 Å². The van der Waals surface area contributed by atoms with Crippen LogP contribution >= 0.6 is 11.3 Å². The van der Waals surface area contributed by atoms with Crippen molar-refractivity contribution >= 4 is 42.6 Å². The van der Waals surface area contributed by atoms with Gasteiger partial charge in [0, 0.05) is 31.3 Å². The van der Waals surface area contributed by atoms with E-state index in [1.165, 1.54) is 39.5 Å². The number of halogens is 2. The number of hydrogen-bond donors (Lipinski definition) is 0. The smallest absolute Gasteiger partial charge is 0.260 e. The number of carbonyl (C=O) groups is 1. The van der Waals surface area contributed by atoms with Gasteiger partial charge in [-0.25, -0.2) is 22.2 Å². The van der Waals surface area contributed by atoms with E-state index in [2.05, 4.69) is 4.98 Å². The fourth-order valence-electron chi connectivity index (χ4n) is 4.53. The maximum Gasteiger partial charge on any atom is 0.260 e. The Morgan fingerprint density at radius 2 is 1.85 bits per heavy atom. The van der Waals surface area contributed by atoms with Gasteiger partial charge in [-0.05, 0) is 48.7 Å². The van der Waals surface area contributed by atoms with Crippen LogP contribution < -0.4 is 4.90 Å². The average Bonchev–Trinajstić information content (AvgIpc) is 3.60. The number of ether oxygens (including phenoxy) is 1. The van der Waals surface area contributed by atoms with Crippen molar-refractivity contribution in [1.29, 1.82) is 0 Å². The predicted octanol–water partition coefficient (Wildman–Crippen LogP) is 5.61. The van der Waals surface area contributed by atoms with Gasteiger partial charge in [-0.2, -0.15) is 4.31 Å². The van der Waals surface area contributed by atoms with Gasteiger partial charge in [-0.1, -0.05) is 48.6 Å². The van der Waals surface area contributed by atoms with Crippen LogP contribution in [0.15, 0.2) is 71.6 Å². The van der Waals surface area contributed by atoms with E-state index >= 15 is 0 Å². The summed E-state index contributed by atoms with van der Waals surface area (Å²) >= 11 is 1.01. The maximum atomic E-state index is 14.4. The van der Waals surface area contributed by atoms with Crippen LogP contribution in [0.2, 0.25) is 0 Å². The number of benzene rings is 3. The summed E-state index contributed by atoms with van der Waals surface area (Å²) in [5.74, 6) is -1.97. The maximum absolute atomic E-state index is 14.4. The van der Waals surface area contributed by atoms with Gasteiger partial charge in [0.2, 0.25) is 10.0 Å². The number of hydrogen-bond acceptors (Lipinski definition) is 6. The van der Waals surface area contributed by atoms with Gasteiger partial charge >= 0.3 is 0 Å². The molecule has 0 bridgehead atoms. The van der Waals surface area contributed by atoms with Crippen molar-refractivity contribution in [2.45, 2.75) is 37.3 Å². The molecule has 1 saturated heterocycles. The lowest BCUT2D eigenvalue weighted by Crippen LogP contribution is -2.37. The Labute approximate surface area is 229 Å². The van der Waals surface area contributed by atoms with Crippen molar-refractivity contribution in [2.24, 2.45) is 0 Å². The lowest BCUT2D eigenvalue weighted by atomic mass is 10.2. The Kier molecular flexibility index (Phi) is 8.03. The number of sulfonamides is 1. The molecule has 0 spiro atoms. The average molecular weight is 572 g/mol. The number of aromatic nitrogens is 1. The third-order valence-electron chi connectivity index (χ3n) is 6.58. The minimum atomic E-state index is -3.81. The Bertz CT molecular complexity index is 1570. The van der Waals surface area contributed by atoms with Crippen molar-refractivity contribution in [1.82, 2.24) is 9.29 Å². The molecule has 0 aliphatic carbocycles. The SMILES string of the molecule is CCN(Cc1ccccc1)S(=O)(=O)c1ccc(C(=O)N(CC2CCCO2)c2nc3c(F)cc(F)cc3s2)cc1. The lowest BCUT2D eigenvalue weighted by Gasteiger charge is -2.23. The Balaban J connectivity index is 1.43. The zero-order valence-electron chi connectivity index (χ0n) is 21.2. The fourth-order valence-corrected chi connectivity index (χ4v) is 6.98. The van der Waals surface area contributed by atoms with Crippen LogP contribution in [-0.4, -0.2) is 49.4 Å². The van der Waals surface area contributed by atoms with E-state index < -0.39 is 27.6 Å². The van der Waals surface area contributed by atoms with Crippen molar-refractivity contribution in [2.75, 3.05) is 24.6 Å². The first-order valence-corrected chi connectivity index (χ1v) is 14.8. The van der Waals surface area contributed by atoms with Crippen LogP contribution in [0.1, 0.15) is 35.7 Å². The molecule has 4 aromatic rings. The molecule has 7 nitrogen and oxygen atoms in total. The Hall–Kier alpha value is -3.25. The molecule has 1 aliphatic heterocycles. The summed E-state index contributed by atoms with van der Waals surface area (Å²) in [6, 6.07) is 17.0. The van der Waals surface area contributed by atoms with E-state index in [0.717, 1.165) is 35.8 Å². The van der Waals surface area contributed by atoms with Crippen LogP contribution in [-0.2, 0) is 21.3 Å². The van der Waals surface area contributed by atoms with E-state index in [1.54, 1.807) is 6.92 Å². The molecule has 11 heteroatoms. The monoisotopic (exact) mass is 571 g/mol. The molecular weight excluding hydrogens is 544 g/mol. The molecule has 5 rings (SSSR count). The highest BCUT2D eigenvalue weighted by Crippen LogP contribution is 2.33. The number of thiazole rings is 1. The van der Waals surface area contributed by atoms with Gasteiger partial charge in [-0.3, -0.25) is 9.69 Å². The summed E-state index contributed by atoms with van der Waals surface area (Å²) in [4.78, 5) is 19.4. The lowest BCUT2D eigenvalue weighted by molar-refractivity contribution is 0.0917. The molecule has 3 aromatic carbocycles. The summed E-state index contributed by atoms with van der Waals surface area (Å²) in [7, 11) is -3.81. The van der Waals surface area contributed by atoms with Gasteiger partial charge in [0.15, 0.2) is 10.9 Å². The summed E-state index contributed by atoms with van der Waals surface area (Å²) in [6.07, 6.45) is 1.39. The van der Waals surface area contributed by atoms with Gasteiger partial charge in [0.25, 0.3) is 5.91 Å². The van der Waals surface area contributed by atoms with Gasteiger partial charge < -0.3 is 4.74 Å². The van der Waals surface area contributed by atoms with E-state index in [9.17, 15) is 22.0 Å². The number of anilines is 1. The van der Waals surface area contributed by atoms with E-state index in [1.807, 2.05) is 30.3 Å². The molecule has 0 saturated carbocycles. The second-order valence-electron chi connectivity index (χ2n) is 9.22. The number of amides is 1. The van der Waals surface area contributed by atoms with Crippen LogP contribution in [0.25, 0.3) is 10.2 Å². The standard InChI is InChI=1S/C28H27F2N3O4S2/c1-2-32(17-19-7-4-3-5-8-19)39(35,36)23-12-10-20(11-13-23)27(34)33(18-22-9-6-14-37-22)28-31-26-24(30)15-21(29)16-25(26)38-28/h3-5,7-8,10-13,15-16,22H,2,6,9,14,17-18H2,1H3. The van der Waals surface area contributed by atoms with Crippen LogP contribution in [0, 0.1) is 11.6 Å². The molecule has 2 heterocycles. The highest BCUT2D eigenvalue weighted by atomic mass is 32.2. The quantitative estimate of drug-likeness (QED) is 0.261. The second-order valence-corrected chi connectivity index (χ2v) is 12.2. The zero-order chi connectivity index (χ0) is 27.6. The summed E-state index contributed by atoms with van der Waals surface area (Å²) in [5.41, 5.74) is 1.09. The molecule has 1 aromatic heterocycles. The van der Waals surface area contributed by atoms with Gasteiger partial charge in [0.1, 0.15) is 11.3 Å². The molecular formula is C28H27F2N3O4S2. The van der Waals surface area contributed by atoms with Crippen molar-refractivity contribution < 1.29 is 26.7 Å². The van der Waals surface area contributed by atoms with E-state index in [-0.39, 0.29) is 51.5 Å². The van der Waals surface area contributed by atoms with Gasteiger partial charge in [-0.15, -0.1) is 0 Å². The number of nitrogens with zero attached hydrogens (tertiary/aromatic N) is 3. The van der Waals surface area contributed by atoms with E-state index in [4.69, 9.17) is 4.74 Å². The molecule has 204 valence electrons. The third-order valence-corrected chi connectivity index (χ3v) is 9.54. The first-order chi connectivity index (χ1) is 18.8. The summed E-state index contributed by atoms with van der Waals surface area (Å²) in [6.45, 7) is 3.04. The zero-order valence-corrected chi connectivity index (χ0v) is 22.9. The van der Waals surface area contributed by atoms with Crippen molar-refractivity contribution in [3.8, 4) is 0 Å². The minimum absolute atomic E-state index is 0.0129. The predicted molar refractivity (Wildman–Crippen MR) is 146 cm³/mol. The second kappa shape index (κ2) is 11.5. The van der Waals surface area contributed by atoms with Crippen molar-refractivity contribution in [3.63, 3.8) is 0 Å². The van der Waals surface area contributed by atoms with Crippen LogP contribution in [0.5, 0.6) is 0 Å². The van der Waals surface area contributed by atoms with Crippen LogP contribution in [0.3, 0.4) is 0 Å². The fraction of sp³-hybridized carbons (Fsp3) is 0.286. The number of carbonyl (C=O) groups excluding carboxylic acids is 1. The molecule has 1 unspecified atom stereocenters. The molecule has 1 amide bonds. The molecule has 0 N–H and O–H groups in total. The highest BCUT2D eigenvalue weighted by molar-refractivity contribution is 7.89. The molecule has 39 heavy (non-hydrogen) atoms. The number of fused-ring (bicyclic) bond motifs is 1. The summed E-state index contributed by atoms with van der Waals surface area (Å²) in [5, 5.41) is 0.215. The highest BCUT2D eigenvalue weighted by Gasteiger charge is 2.29. The van der Waals surface area contributed by atoms with Crippen molar-refractivity contribution in [3.05, 3.63) is 89.5 Å².